The van der Waals surface area contributed by atoms with Gasteiger partial charge in [0.15, 0.2) is 0 Å². The Kier molecular flexibility index (Phi) is 6.46. The number of hydrogen-bond donors (Lipinski definition) is 1. The van der Waals surface area contributed by atoms with E-state index in [0.717, 1.165) is 0 Å². The fourth-order valence-corrected chi connectivity index (χ4v) is 0. The van der Waals surface area contributed by atoms with Crippen LogP contribution in [0.15, 0.2) is 0 Å². The standard InChI is InChI=1S/C4H4O.C3H4O/c1-3-4(2)5;1-2-3-4/h1H,2H3;1,4H,3H2/i;3D2. The van der Waals surface area contributed by atoms with Gasteiger partial charge < -0.3 is 5.11 Å². The van der Waals surface area contributed by atoms with Gasteiger partial charge in [0, 0.05) is 6.92 Å². The Morgan fingerprint density at radius 1 is 1.89 bits per heavy atom. The van der Waals surface area contributed by atoms with Gasteiger partial charge in [-0.05, 0) is 5.92 Å². The Bertz CT molecular complexity index is 202. The number of carbonyl (C=O) groups is 1. The largest absolute Gasteiger partial charge is 0.384 e. The van der Waals surface area contributed by atoms with Crippen LogP contribution in [0.5, 0.6) is 0 Å². The van der Waals surface area contributed by atoms with E-state index in [-0.39, 0.29) is 5.78 Å². The van der Waals surface area contributed by atoms with Crippen LogP contribution in [0.1, 0.15) is 9.67 Å². The molecule has 0 bridgehead atoms. The summed E-state index contributed by atoms with van der Waals surface area (Å²) < 4.78 is 12.3. The first kappa shape index (κ1) is 5.88. The summed E-state index contributed by atoms with van der Waals surface area (Å²) in [6.07, 6.45) is 9.00. The Morgan fingerprint density at radius 2 is 2.11 bits per heavy atom. The van der Waals surface area contributed by atoms with Crippen LogP contribution in [0.4, 0.5) is 0 Å². The Balaban J connectivity index is 0. The summed E-state index contributed by atoms with van der Waals surface area (Å²) >= 11 is 0. The van der Waals surface area contributed by atoms with Gasteiger partial charge in [0.1, 0.15) is 6.56 Å². The molecule has 1 N–H and O–H groups in total. The lowest BCUT2D eigenvalue weighted by atomic mass is 10.5. The highest BCUT2D eigenvalue weighted by atomic mass is 16.2. The van der Waals surface area contributed by atoms with Gasteiger partial charge in [-0.3, -0.25) is 4.79 Å². The van der Waals surface area contributed by atoms with Crippen molar-refractivity contribution in [1.29, 1.82) is 0 Å². The number of Topliss-reactive ketones (excluding diaryl/α,β-unsaturated/α-hetero) is 1. The van der Waals surface area contributed by atoms with Crippen molar-refractivity contribution < 1.29 is 12.6 Å². The molecule has 0 aliphatic carbocycles. The van der Waals surface area contributed by atoms with Crippen LogP contribution in [0.3, 0.4) is 0 Å². The minimum atomic E-state index is -2.43. The molecule has 0 rings (SSSR count). The van der Waals surface area contributed by atoms with Gasteiger partial charge in [-0.1, -0.05) is 5.92 Å². The number of terminal acetylenes is 2. The predicted molar refractivity (Wildman–Crippen MR) is 35.4 cm³/mol. The maximum Gasteiger partial charge on any atom is 0.202 e. The van der Waals surface area contributed by atoms with Gasteiger partial charge in [-0.25, -0.2) is 0 Å². The number of ketones is 1. The van der Waals surface area contributed by atoms with E-state index in [1.165, 1.54) is 12.8 Å². The zero-order valence-electron chi connectivity index (χ0n) is 7.01. The van der Waals surface area contributed by atoms with Crippen molar-refractivity contribution >= 4 is 5.78 Å². The second-order valence-electron chi connectivity index (χ2n) is 0.957. The van der Waals surface area contributed by atoms with Crippen molar-refractivity contribution in [3.63, 3.8) is 0 Å². The third-order valence-corrected chi connectivity index (χ3v) is 0.268. The van der Waals surface area contributed by atoms with E-state index in [1.54, 1.807) is 0 Å². The smallest absolute Gasteiger partial charge is 0.202 e. The molecule has 0 aromatic heterocycles. The van der Waals surface area contributed by atoms with Gasteiger partial charge >= 0.3 is 0 Å². The lowest BCUT2D eigenvalue weighted by Gasteiger charge is -1.58. The van der Waals surface area contributed by atoms with Gasteiger partial charge in [0.2, 0.25) is 5.78 Å². The minimum Gasteiger partial charge on any atom is -0.384 e. The molecule has 0 saturated carbocycles. The maximum atomic E-state index is 9.58. The predicted octanol–water partition coefficient (Wildman–Crippen LogP) is -0.179. The van der Waals surface area contributed by atoms with Crippen molar-refractivity contribution in [1.82, 2.24) is 0 Å². The van der Waals surface area contributed by atoms with Crippen LogP contribution in [-0.4, -0.2) is 17.4 Å². The second kappa shape index (κ2) is 9.89. The van der Waals surface area contributed by atoms with Crippen molar-refractivity contribution in [2.24, 2.45) is 0 Å². The topological polar surface area (TPSA) is 37.3 Å². The minimum absolute atomic E-state index is 0.218. The molecular formula is C7H8O2. The lowest BCUT2D eigenvalue weighted by molar-refractivity contribution is -0.111. The van der Waals surface area contributed by atoms with E-state index in [1.807, 2.05) is 5.92 Å². The lowest BCUT2D eigenvalue weighted by Crippen LogP contribution is -1.75. The van der Waals surface area contributed by atoms with E-state index in [9.17, 15) is 4.79 Å². The zero-order chi connectivity index (χ0) is 9.49. The molecule has 2 nitrogen and oxygen atoms in total. The van der Waals surface area contributed by atoms with Crippen LogP contribution in [0.2, 0.25) is 0 Å². The third kappa shape index (κ3) is 49.7. The Labute approximate surface area is 57.7 Å². The summed E-state index contributed by atoms with van der Waals surface area (Å²) in [5.74, 6) is 3.16. The first-order chi connectivity index (χ1) is 4.83. The van der Waals surface area contributed by atoms with E-state index < -0.39 is 6.56 Å². The highest BCUT2D eigenvalue weighted by molar-refractivity contribution is 5.92. The average molecular weight is 126 g/mol. The van der Waals surface area contributed by atoms with Crippen molar-refractivity contribution in [3.05, 3.63) is 0 Å². The number of rotatable bonds is 0. The normalized spacial score (nSPS) is 10.2. The molecule has 0 aliphatic heterocycles. The molecule has 0 amide bonds. The molecule has 0 atom stereocenters. The molecule has 0 aromatic carbocycles. The fraction of sp³-hybridized carbons (Fsp3) is 0.286. The van der Waals surface area contributed by atoms with E-state index in [2.05, 4.69) is 12.8 Å². The van der Waals surface area contributed by atoms with E-state index >= 15 is 0 Å². The highest BCUT2D eigenvalue weighted by Gasteiger charge is 1.70. The fourth-order valence-electron chi connectivity index (χ4n) is 0. The SMILES string of the molecule is C#CC(C)=O.[2H]C([2H])(O)C#C. The monoisotopic (exact) mass is 126 g/mol. The van der Waals surface area contributed by atoms with E-state index in [0.29, 0.717) is 0 Å². The van der Waals surface area contributed by atoms with Crippen molar-refractivity contribution in [2.75, 3.05) is 6.56 Å². The van der Waals surface area contributed by atoms with Crippen molar-refractivity contribution in [3.8, 4) is 24.7 Å². The molecular weight excluding hydrogens is 116 g/mol. The number of hydrogen-bond acceptors (Lipinski definition) is 2. The quantitative estimate of drug-likeness (QED) is 0.361. The second-order valence-corrected chi connectivity index (χ2v) is 0.957. The molecule has 0 radical (unpaired) electrons. The van der Waals surface area contributed by atoms with Gasteiger partial charge in [-0.15, -0.1) is 12.8 Å². The van der Waals surface area contributed by atoms with Crippen LogP contribution < -0.4 is 0 Å². The summed E-state index contributed by atoms with van der Waals surface area (Å²) in [5, 5.41) is 7.92. The summed E-state index contributed by atoms with van der Waals surface area (Å²) in [4.78, 5) is 9.58. The summed E-state index contributed by atoms with van der Waals surface area (Å²) in [6.45, 7) is -1.08. The molecule has 0 fully saturated rings. The molecule has 0 unspecified atom stereocenters. The van der Waals surface area contributed by atoms with Crippen molar-refractivity contribution in [2.45, 2.75) is 6.92 Å². The molecule has 0 heterocycles. The summed E-state index contributed by atoms with van der Waals surface area (Å²) in [5.41, 5.74) is 0. The highest BCUT2D eigenvalue weighted by Crippen LogP contribution is 1.52. The third-order valence-electron chi connectivity index (χ3n) is 0.268. The average Bonchev–Trinajstić information content (AvgIpc) is 1.88. The van der Waals surface area contributed by atoms with Crippen LogP contribution in [0, 0.1) is 24.7 Å². The molecule has 9 heavy (non-hydrogen) atoms. The van der Waals surface area contributed by atoms with Crippen LogP contribution >= 0.6 is 0 Å². The molecule has 0 saturated heterocycles. The Morgan fingerprint density at radius 3 is 2.11 bits per heavy atom. The molecule has 0 aromatic rings. The molecule has 0 aliphatic rings. The summed E-state index contributed by atoms with van der Waals surface area (Å²) in [7, 11) is 0. The van der Waals surface area contributed by atoms with Gasteiger partial charge in [0.25, 0.3) is 0 Å². The molecule has 48 valence electrons. The Hall–Kier alpha value is -1.25. The first-order valence-corrected chi connectivity index (χ1v) is 2.01. The molecule has 0 spiro atoms. The summed E-state index contributed by atoms with van der Waals surface area (Å²) in [6, 6.07) is 0. The van der Waals surface area contributed by atoms with Crippen LogP contribution in [0.25, 0.3) is 0 Å². The first-order valence-electron chi connectivity index (χ1n) is 3.01. The zero-order valence-corrected chi connectivity index (χ0v) is 5.01. The molecule has 2 heteroatoms. The number of carbonyl (C=O) groups excluding carboxylic acids is 1. The van der Waals surface area contributed by atoms with Crippen LogP contribution in [-0.2, 0) is 4.79 Å². The number of aliphatic hydroxyl groups is 1. The maximum absolute atomic E-state index is 9.58. The van der Waals surface area contributed by atoms with Gasteiger partial charge in [-0.2, -0.15) is 0 Å². The van der Waals surface area contributed by atoms with Gasteiger partial charge in [0.05, 0.1) is 2.74 Å². The van der Waals surface area contributed by atoms with E-state index in [4.69, 9.17) is 7.85 Å².